The minimum Gasteiger partial charge on any atom is -0.481 e. The van der Waals surface area contributed by atoms with Gasteiger partial charge in [-0.15, -0.1) is 0 Å². The Morgan fingerprint density at radius 1 is 1.31 bits per heavy atom. The smallest absolute Gasteiger partial charge is 0.224 e. The predicted molar refractivity (Wildman–Crippen MR) is 105 cm³/mol. The Bertz CT molecular complexity index is 1070. The number of methoxy groups -OCH3 is 1. The van der Waals surface area contributed by atoms with Gasteiger partial charge in [0.2, 0.25) is 11.8 Å². The molecule has 6 N–H and O–H groups in total. The van der Waals surface area contributed by atoms with Crippen LogP contribution in [0.4, 0.5) is 11.8 Å². The van der Waals surface area contributed by atoms with Crippen LogP contribution in [0.3, 0.4) is 0 Å². The fourth-order valence-electron chi connectivity index (χ4n) is 3.33. The van der Waals surface area contributed by atoms with Crippen LogP contribution in [0.15, 0.2) is 18.3 Å². The summed E-state index contributed by atoms with van der Waals surface area (Å²) in [6.07, 6.45) is 3.25. The highest BCUT2D eigenvalue weighted by molar-refractivity contribution is 5.85. The Morgan fingerprint density at radius 3 is 2.86 bits per heavy atom. The monoisotopic (exact) mass is 399 g/mol. The molecule has 11 nitrogen and oxygen atoms in total. The molecule has 0 spiro atoms. The number of hydrogen-bond acceptors (Lipinski definition) is 10. The summed E-state index contributed by atoms with van der Waals surface area (Å²) in [4.78, 5) is 16.9. The van der Waals surface area contributed by atoms with Gasteiger partial charge in [-0.2, -0.15) is 9.97 Å². The number of aromatic nitrogens is 5. The average Bonchev–Trinajstić information content (AvgIpc) is 3.26. The van der Waals surface area contributed by atoms with Crippen LogP contribution in [-0.4, -0.2) is 60.6 Å². The Morgan fingerprint density at radius 2 is 2.14 bits per heavy atom. The van der Waals surface area contributed by atoms with Gasteiger partial charge in [0.1, 0.15) is 18.2 Å². The molecule has 0 bridgehead atoms. The number of aliphatic hydroxyl groups excluding tert-OH is 2. The maximum absolute atomic E-state index is 10.2. The van der Waals surface area contributed by atoms with Crippen LogP contribution in [0, 0.1) is 0 Å². The first kappa shape index (κ1) is 19.1. The van der Waals surface area contributed by atoms with Crippen LogP contribution in [0.2, 0.25) is 0 Å². The number of nitrogens with two attached hydrogens (primary N) is 2. The van der Waals surface area contributed by atoms with E-state index in [0.29, 0.717) is 22.9 Å². The molecule has 1 saturated heterocycles. The minimum atomic E-state index is -0.825. The van der Waals surface area contributed by atoms with E-state index < -0.39 is 18.4 Å². The molecule has 0 aliphatic carbocycles. The van der Waals surface area contributed by atoms with Crippen molar-refractivity contribution in [3.05, 3.63) is 29.7 Å². The quantitative estimate of drug-likeness (QED) is 0.465. The molecule has 152 valence electrons. The number of pyridine rings is 1. The zero-order valence-corrected chi connectivity index (χ0v) is 15.6. The standard InChI is InChI=1S/C18H21N7O4/c1-28-17-9(3-2-6-21-17)4-5-12-22-14-15(19)23-18(20)24-16(14)25(12)13-7-10(27)11(8-26)29-13/h2-6,10-11,13,26-27H,7-8H2,1H3,(H4,19,20,23,24)/t10-,11+,13+/m0/s1. The van der Waals surface area contributed by atoms with Crippen molar-refractivity contribution in [2.75, 3.05) is 25.2 Å². The van der Waals surface area contributed by atoms with Crippen molar-refractivity contribution < 1.29 is 19.7 Å². The molecule has 3 atom stereocenters. The van der Waals surface area contributed by atoms with Crippen molar-refractivity contribution >= 4 is 35.1 Å². The highest BCUT2D eigenvalue weighted by Crippen LogP contribution is 2.34. The zero-order valence-electron chi connectivity index (χ0n) is 15.6. The van der Waals surface area contributed by atoms with Crippen LogP contribution < -0.4 is 16.2 Å². The number of ether oxygens (including phenoxy) is 2. The number of hydrogen-bond donors (Lipinski definition) is 4. The molecule has 4 rings (SSSR count). The Hall–Kier alpha value is -3.28. The third kappa shape index (κ3) is 3.46. The van der Waals surface area contributed by atoms with E-state index in [2.05, 4.69) is 19.9 Å². The molecule has 0 amide bonds. The third-order valence-electron chi connectivity index (χ3n) is 4.69. The Kier molecular flexibility index (Phi) is 5.01. The molecule has 29 heavy (non-hydrogen) atoms. The molecule has 0 aromatic carbocycles. The molecule has 1 aliphatic heterocycles. The summed E-state index contributed by atoms with van der Waals surface area (Å²) in [6, 6.07) is 3.64. The van der Waals surface area contributed by atoms with Gasteiger partial charge in [0.05, 0.1) is 19.8 Å². The molecule has 4 heterocycles. The molecular weight excluding hydrogens is 378 g/mol. The number of anilines is 2. The topological polar surface area (TPSA) is 167 Å². The molecule has 0 unspecified atom stereocenters. The lowest BCUT2D eigenvalue weighted by molar-refractivity contribution is -0.0433. The highest BCUT2D eigenvalue weighted by atomic mass is 16.5. The maximum atomic E-state index is 10.2. The van der Waals surface area contributed by atoms with Gasteiger partial charge in [-0.1, -0.05) is 0 Å². The molecule has 0 radical (unpaired) electrons. The second-order valence-electron chi connectivity index (χ2n) is 6.53. The molecule has 3 aromatic heterocycles. The van der Waals surface area contributed by atoms with Crippen LogP contribution in [0.5, 0.6) is 5.88 Å². The van der Waals surface area contributed by atoms with Crippen LogP contribution in [0.25, 0.3) is 23.3 Å². The third-order valence-corrected chi connectivity index (χ3v) is 4.69. The van der Waals surface area contributed by atoms with Gasteiger partial charge in [-0.05, 0) is 24.3 Å². The number of nitrogen functional groups attached to an aromatic ring is 2. The van der Waals surface area contributed by atoms with Gasteiger partial charge >= 0.3 is 0 Å². The van der Waals surface area contributed by atoms with Crippen LogP contribution in [-0.2, 0) is 4.74 Å². The summed E-state index contributed by atoms with van der Waals surface area (Å²) in [5.74, 6) is 1.06. The molecule has 3 aromatic rings. The lowest BCUT2D eigenvalue weighted by Crippen LogP contribution is -2.24. The fraction of sp³-hybridized carbons (Fsp3) is 0.333. The summed E-state index contributed by atoms with van der Waals surface area (Å²) >= 11 is 0. The van der Waals surface area contributed by atoms with Gasteiger partial charge in [0.15, 0.2) is 17.0 Å². The van der Waals surface area contributed by atoms with Gasteiger partial charge in [-0.3, -0.25) is 4.57 Å². The minimum absolute atomic E-state index is 0.00198. The Labute approximate surface area is 165 Å². The van der Waals surface area contributed by atoms with Crippen molar-refractivity contribution in [3.8, 4) is 5.88 Å². The van der Waals surface area contributed by atoms with Crippen molar-refractivity contribution in [1.29, 1.82) is 0 Å². The van der Waals surface area contributed by atoms with E-state index in [1.165, 1.54) is 7.11 Å². The predicted octanol–water partition coefficient (Wildman–Crippen LogP) is 0.205. The lowest BCUT2D eigenvalue weighted by atomic mass is 10.2. The average molecular weight is 399 g/mol. The fourth-order valence-corrected chi connectivity index (χ4v) is 3.33. The molecule has 1 fully saturated rings. The van der Waals surface area contributed by atoms with E-state index in [1.807, 2.05) is 6.07 Å². The second-order valence-corrected chi connectivity index (χ2v) is 6.53. The number of imidazole rings is 1. The van der Waals surface area contributed by atoms with Crippen LogP contribution >= 0.6 is 0 Å². The number of nitrogens with zero attached hydrogens (tertiary/aromatic N) is 5. The summed E-state index contributed by atoms with van der Waals surface area (Å²) in [6.45, 7) is -0.304. The van der Waals surface area contributed by atoms with Gasteiger partial charge in [-0.25, -0.2) is 9.97 Å². The van der Waals surface area contributed by atoms with Crippen molar-refractivity contribution in [2.24, 2.45) is 0 Å². The lowest BCUT2D eigenvalue weighted by Gasteiger charge is -2.15. The largest absolute Gasteiger partial charge is 0.481 e. The number of aliphatic hydroxyl groups is 2. The van der Waals surface area contributed by atoms with Gasteiger partial charge in [0, 0.05) is 18.2 Å². The van der Waals surface area contributed by atoms with E-state index in [1.54, 1.807) is 29.0 Å². The number of rotatable bonds is 5. The second kappa shape index (κ2) is 7.62. The van der Waals surface area contributed by atoms with Crippen molar-refractivity contribution in [3.63, 3.8) is 0 Å². The Balaban J connectivity index is 1.83. The van der Waals surface area contributed by atoms with E-state index in [-0.39, 0.29) is 24.8 Å². The summed E-state index contributed by atoms with van der Waals surface area (Å²) in [5, 5.41) is 19.6. The van der Waals surface area contributed by atoms with E-state index in [4.69, 9.17) is 20.9 Å². The molecular formula is C18H21N7O4. The first-order valence-electron chi connectivity index (χ1n) is 8.94. The van der Waals surface area contributed by atoms with E-state index >= 15 is 0 Å². The molecule has 1 aliphatic rings. The van der Waals surface area contributed by atoms with Crippen molar-refractivity contribution in [1.82, 2.24) is 24.5 Å². The summed E-state index contributed by atoms with van der Waals surface area (Å²) in [7, 11) is 1.54. The maximum Gasteiger partial charge on any atom is 0.224 e. The first-order valence-corrected chi connectivity index (χ1v) is 8.94. The van der Waals surface area contributed by atoms with Crippen molar-refractivity contribution in [2.45, 2.75) is 24.9 Å². The number of fused-ring (bicyclic) bond motifs is 1. The van der Waals surface area contributed by atoms with Gasteiger partial charge < -0.3 is 31.2 Å². The van der Waals surface area contributed by atoms with Gasteiger partial charge in [0.25, 0.3) is 0 Å². The van der Waals surface area contributed by atoms with Crippen LogP contribution in [0.1, 0.15) is 24.0 Å². The summed E-state index contributed by atoms with van der Waals surface area (Å²) < 4.78 is 12.8. The first-order chi connectivity index (χ1) is 14.0. The summed E-state index contributed by atoms with van der Waals surface area (Å²) in [5.41, 5.74) is 13.2. The molecule has 0 saturated carbocycles. The highest BCUT2D eigenvalue weighted by Gasteiger charge is 2.36. The van der Waals surface area contributed by atoms with E-state index in [9.17, 15) is 10.2 Å². The SMILES string of the molecule is COc1ncccc1C=Cc1nc2c(N)nc(N)nc2n1[C@H]1C[C@H](O)[C@@H](CO)O1. The normalized spacial score (nSPS) is 22.0. The molecule has 11 heteroatoms. The van der Waals surface area contributed by atoms with E-state index in [0.717, 1.165) is 5.56 Å². The zero-order chi connectivity index (χ0) is 20.5.